The van der Waals surface area contributed by atoms with Crippen molar-refractivity contribution >= 4 is 88.1 Å². The van der Waals surface area contributed by atoms with Crippen LogP contribution in [0.15, 0.2) is 97.2 Å². The van der Waals surface area contributed by atoms with Gasteiger partial charge in [0.2, 0.25) is 70.9 Å². The van der Waals surface area contributed by atoms with E-state index in [1.165, 1.54) is 44.2 Å². The van der Waals surface area contributed by atoms with Gasteiger partial charge in [-0.05, 0) is 116 Å². The Labute approximate surface area is 564 Å². The summed E-state index contributed by atoms with van der Waals surface area (Å²) in [5, 5.41) is 23.8. The van der Waals surface area contributed by atoms with Crippen LogP contribution < -0.4 is 68.8 Å². The molecule has 1 aromatic heterocycles. The van der Waals surface area contributed by atoms with E-state index >= 15 is 0 Å². The van der Waals surface area contributed by atoms with Crippen molar-refractivity contribution in [2.24, 2.45) is 11.5 Å². The lowest BCUT2D eigenvalue weighted by Gasteiger charge is -2.32. The van der Waals surface area contributed by atoms with Gasteiger partial charge in [-0.2, -0.15) is 0 Å². The summed E-state index contributed by atoms with van der Waals surface area (Å²) < 4.78 is 25.5. The third kappa shape index (κ3) is 21.6. The number of nitrogens with two attached hydrogens (primary N) is 2. The molecule has 12 amide bonds. The van der Waals surface area contributed by atoms with Gasteiger partial charge in [0.05, 0.1) is 38.7 Å². The number of fused-ring (bicyclic) bond motifs is 34. The molecule has 0 saturated carbocycles. The van der Waals surface area contributed by atoms with Gasteiger partial charge in [0.25, 0.3) is 0 Å². The van der Waals surface area contributed by atoms with Gasteiger partial charge in [0.1, 0.15) is 72.5 Å². The van der Waals surface area contributed by atoms with Crippen LogP contribution in [0.2, 0.25) is 0 Å². The number of H-pyrrole nitrogens is 1. The lowest BCUT2D eigenvalue weighted by atomic mass is 10.0. The number of primary amides is 1. The zero-order chi connectivity index (χ0) is 71.2. The Morgan fingerprint density at radius 3 is 2.18 bits per heavy atom. The van der Waals surface area contributed by atoms with Gasteiger partial charge in [-0.25, -0.2) is 4.39 Å². The Hall–Kier alpha value is -10.8. The van der Waals surface area contributed by atoms with Crippen molar-refractivity contribution in [1.29, 1.82) is 0 Å². The highest BCUT2D eigenvalue weighted by molar-refractivity contribution is 5.98. The summed E-state index contributed by atoms with van der Waals surface area (Å²) in [6.45, 7) is 3.37. The molecule has 5 aromatic rings. The molecule has 1 unspecified atom stereocenters. The summed E-state index contributed by atoms with van der Waals surface area (Å²) in [4.78, 5) is 182. The first-order valence-electron chi connectivity index (χ1n) is 32.2. The third-order valence-corrected chi connectivity index (χ3v) is 16.8. The molecule has 0 aliphatic carbocycles. The number of halogens is 1. The van der Waals surface area contributed by atoms with E-state index in [1.807, 2.05) is 0 Å². The maximum absolute atomic E-state index is 14.9. The average Bonchev–Trinajstić information content (AvgIpc) is 1.59. The summed E-state index contributed by atoms with van der Waals surface area (Å²) in [5.41, 5.74) is 15.8. The van der Waals surface area contributed by atoms with Gasteiger partial charge in [-0.3, -0.25) is 57.5 Å². The molecular formula is C68H85FN14O15. The number of hydrogen-bond acceptors (Lipinski definition) is 16. The Morgan fingerprint density at radius 1 is 0.765 bits per heavy atom. The predicted octanol–water partition coefficient (Wildman–Crippen LogP) is -0.814. The maximum Gasteiger partial charge on any atom is 0.246 e. The van der Waals surface area contributed by atoms with E-state index in [0.717, 1.165) is 11.8 Å². The van der Waals surface area contributed by atoms with Crippen molar-refractivity contribution in [3.63, 3.8) is 0 Å². The summed E-state index contributed by atoms with van der Waals surface area (Å²) in [5.74, 6) is -8.56. The number of amides is 12. The normalized spacial score (nSPS) is 22.5. The van der Waals surface area contributed by atoms with Crippen LogP contribution in [-0.2, 0) is 94.6 Å². The van der Waals surface area contributed by atoms with Crippen LogP contribution in [0, 0.1) is 5.82 Å². The minimum absolute atomic E-state index is 0.0166. The summed E-state index contributed by atoms with van der Waals surface area (Å²) in [7, 11) is 2.81. The van der Waals surface area contributed by atoms with Crippen molar-refractivity contribution in [3.8, 4) is 11.5 Å². The van der Waals surface area contributed by atoms with E-state index in [-0.39, 0.29) is 77.6 Å². The number of carbonyl (C=O) groups is 13. The van der Waals surface area contributed by atoms with Crippen molar-refractivity contribution in [1.82, 2.24) is 62.6 Å². The number of aromatic amines is 1. The number of rotatable bonds is 11. The van der Waals surface area contributed by atoms with Crippen molar-refractivity contribution in [2.75, 3.05) is 40.4 Å². The number of nitrogens with one attached hydrogen (secondary N) is 10. The average molecular weight is 1360 g/mol. The summed E-state index contributed by atoms with van der Waals surface area (Å²) >= 11 is 0. The number of aldehydes is 1. The topological polar surface area (TPSA) is 423 Å². The van der Waals surface area contributed by atoms with Gasteiger partial charge in [0, 0.05) is 63.4 Å². The minimum atomic E-state index is -1.44. The van der Waals surface area contributed by atoms with Gasteiger partial charge < -0.3 is 88.4 Å². The highest BCUT2D eigenvalue weighted by Crippen LogP contribution is 2.24. The fourth-order valence-electron chi connectivity index (χ4n) is 11.4. The number of methoxy groups -OCH3 is 1. The van der Waals surface area contributed by atoms with E-state index < -0.39 is 144 Å². The maximum atomic E-state index is 14.9. The van der Waals surface area contributed by atoms with E-state index in [0.29, 0.717) is 62.9 Å². The fraction of sp³-hybridized carbons (Fsp3) is 0.426. The number of carbonyl (C=O) groups excluding carboxylic acids is 13. The Morgan fingerprint density at radius 2 is 1.49 bits per heavy atom. The third-order valence-electron chi connectivity index (χ3n) is 16.8. The second-order valence-electron chi connectivity index (χ2n) is 24.1. The number of ether oxygens (including phenoxy) is 2. The Balaban J connectivity index is 1.14. The van der Waals surface area contributed by atoms with Crippen LogP contribution in [-0.4, -0.2) is 187 Å². The molecule has 4 heterocycles. The van der Waals surface area contributed by atoms with Crippen molar-refractivity contribution in [2.45, 2.75) is 146 Å². The molecule has 1 fully saturated rings. The molecule has 98 heavy (non-hydrogen) atoms. The zero-order valence-corrected chi connectivity index (χ0v) is 55.2. The smallest absolute Gasteiger partial charge is 0.246 e. The molecule has 3 aliphatic heterocycles. The van der Waals surface area contributed by atoms with Crippen LogP contribution in [0.3, 0.4) is 0 Å². The Bertz CT molecular complexity index is 3720. The summed E-state index contributed by atoms with van der Waals surface area (Å²) in [6, 6.07) is 12.5. The lowest BCUT2D eigenvalue weighted by molar-refractivity contribution is -0.143. The number of hydrogen-bond donors (Lipinski definition) is 12. The first kappa shape index (κ1) is 74.6. The number of likely N-dealkylation sites (N-methyl/N-ethyl adjacent to an activating group) is 1. The number of aromatic nitrogens is 1. The van der Waals surface area contributed by atoms with Crippen molar-refractivity contribution < 1.29 is 76.2 Å². The number of benzene rings is 4. The van der Waals surface area contributed by atoms with Gasteiger partial charge in [-0.15, -0.1) is 0 Å². The largest absolute Gasteiger partial charge is 0.497 e. The zero-order valence-electron chi connectivity index (χ0n) is 55.2. The standard InChI is InChI=1S/C68H85FN14O15/c1-6-51-64(92)81-55(30-41-12-17-47(97-5)18-13-41)68(96)83-25-8-11-57(83)66(94)80-53(61(71)89)29-40-14-19-48(20-15-40)98-26-24-72-59(87)33-54(77-39(3)85)63(91)75-36-60(88)76-38(2)62(90)78-46(37-84)28-42-9-7-10-43(27-42)34-74-58(86)23-22-56(65(93)79-51)82(4)67(95)50(70)31-44-35-73-52-21-16-45(69)32-49(44)52/h7,9-10,12-21,27,32,35,37-38,46,50-51,53-57,73H,6,8,11,22-26,28-31,33-34,36,70H2,1-5H3,(H2,71,89)(H,72,87)(H,74,86)(H,75,91)(H,76,88)(H,77,85)(H,78,90)(H,79,93)(H,80,94)(H,81,92)/t38-,46+,50+,51+,53+,54+,55+,56+,57?/m1/s1. The Kier molecular flexibility index (Phi) is 27.3. The quantitative estimate of drug-likeness (QED) is 0.0568. The first-order valence-corrected chi connectivity index (χ1v) is 32.2. The molecule has 9 atom stereocenters. The monoisotopic (exact) mass is 1360 g/mol. The van der Waals surface area contributed by atoms with Crippen LogP contribution in [0.25, 0.3) is 10.9 Å². The molecule has 8 rings (SSSR count). The molecule has 30 heteroatoms. The molecule has 4 bridgehead atoms. The van der Waals surface area contributed by atoms with E-state index in [4.69, 9.17) is 20.9 Å². The van der Waals surface area contributed by atoms with Crippen LogP contribution in [0.1, 0.15) is 87.1 Å². The van der Waals surface area contributed by atoms with E-state index in [2.05, 4.69) is 52.8 Å². The van der Waals surface area contributed by atoms with E-state index in [1.54, 1.807) is 85.9 Å². The molecule has 4 aromatic carbocycles. The molecule has 0 spiro atoms. The van der Waals surface area contributed by atoms with Gasteiger partial charge in [0.15, 0.2) is 0 Å². The minimum Gasteiger partial charge on any atom is -0.497 e. The molecule has 0 radical (unpaired) electrons. The summed E-state index contributed by atoms with van der Waals surface area (Å²) in [6.07, 6.45) is 1.17. The molecule has 3 aliphatic rings. The lowest BCUT2D eigenvalue weighted by Crippen LogP contribution is -2.59. The molecule has 524 valence electrons. The van der Waals surface area contributed by atoms with E-state index in [9.17, 15) is 66.7 Å². The number of nitrogens with zero attached hydrogens (tertiary/aromatic N) is 2. The SMILES string of the molecule is CC[C@@H]1NC(=O)[C@@H](N(C)C(=O)[C@@H](N)Cc2c[nH]c3ccc(F)cc23)CCC(=O)NCc2cccc(c2)C[C@@H](C=O)NC(=O)[C@@H](C)NC(=O)CNC(=O)[C@@H](NC(C)=O)CC(=O)NCCOc2ccc(cc2)C[C@@H](C(N)=O)NC(=O)C2CCCN2C(=O)[C@H](Cc2ccc(OC)cc2)NC1=O. The molecular weight excluding hydrogens is 1270 g/mol. The predicted molar refractivity (Wildman–Crippen MR) is 354 cm³/mol. The van der Waals surface area contributed by atoms with Crippen LogP contribution >= 0.6 is 0 Å². The van der Waals surface area contributed by atoms with Gasteiger partial charge in [-0.1, -0.05) is 55.5 Å². The first-order chi connectivity index (χ1) is 46.8. The van der Waals surface area contributed by atoms with Crippen molar-refractivity contribution in [3.05, 3.63) is 131 Å². The van der Waals surface area contributed by atoms with Crippen LogP contribution in [0.4, 0.5) is 4.39 Å². The van der Waals surface area contributed by atoms with Crippen LogP contribution in [0.5, 0.6) is 11.5 Å². The molecule has 14 N–H and O–H groups in total. The van der Waals surface area contributed by atoms with Gasteiger partial charge >= 0.3 is 0 Å². The second kappa shape index (κ2) is 35.8. The highest BCUT2D eigenvalue weighted by atomic mass is 19.1. The fourth-order valence-corrected chi connectivity index (χ4v) is 11.4. The highest BCUT2D eigenvalue weighted by Gasteiger charge is 2.40. The molecule has 1 saturated heterocycles. The molecule has 29 nitrogen and oxygen atoms in total. The second-order valence-corrected chi connectivity index (χ2v) is 24.1.